The second-order valence-electron chi connectivity index (χ2n) is 6.51. The van der Waals surface area contributed by atoms with Gasteiger partial charge in [-0.05, 0) is 18.6 Å². The van der Waals surface area contributed by atoms with Crippen molar-refractivity contribution in [3.05, 3.63) is 65.9 Å². The number of carbonyl (C=O) groups is 1. The van der Waals surface area contributed by atoms with Gasteiger partial charge in [-0.1, -0.05) is 17.3 Å². The molecule has 1 saturated heterocycles. The Morgan fingerprint density at radius 1 is 1.14 bits per heavy atom. The number of likely N-dealkylation sites (tertiary alicyclic amines) is 1. The van der Waals surface area contributed by atoms with Crippen LogP contribution in [0.1, 0.15) is 34.0 Å². The SMILES string of the molecule is O=C(c1cnoc1-c1ccc(C(F)(F)F)cc1)N1CCC(c2cnccn2)C1. The highest BCUT2D eigenvalue weighted by molar-refractivity contribution is 5.99. The first-order valence-electron chi connectivity index (χ1n) is 8.61. The molecule has 1 aliphatic rings. The molecule has 2 aromatic heterocycles. The van der Waals surface area contributed by atoms with E-state index in [0.717, 1.165) is 24.2 Å². The third-order valence-corrected chi connectivity index (χ3v) is 4.75. The molecule has 0 saturated carbocycles. The van der Waals surface area contributed by atoms with E-state index in [0.29, 0.717) is 18.7 Å². The highest BCUT2D eigenvalue weighted by Crippen LogP contribution is 2.33. The number of aromatic nitrogens is 3. The summed E-state index contributed by atoms with van der Waals surface area (Å²) in [6.07, 6.45) is 2.52. The van der Waals surface area contributed by atoms with Gasteiger partial charge in [-0.25, -0.2) is 0 Å². The van der Waals surface area contributed by atoms with Crippen molar-refractivity contribution in [2.24, 2.45) is 0 Å². The maximum absolute atomic E-state index is 12.9. The maximum Gasteiger partial charge on any atom is 0.416 e. The molecule has 3 heterocycles. The fraction of sp³-hybridized carbons (Fsp3) is 0.263. The van der Waals surface area contributed by atoms with Crippen molar-refractivity contribution in [2.75, 3.05) is 13.1 Å². The molecule has 0 bridgehead atoms. The number of halogens is 3. The van der Waals surface area contributed by atoms with Crippen molar-refractivity contribution in [3.8, 4) is 11.3 Å². The van der Waals surface area contributed by atoms with Crippen LogP contribution >= 0.6 is 0 Å². The van der Waals surface area contributed by atoms with Crippen LogP contribution in [-0.4, -0.2) is 39.0 Å². The molecule has 144 valence electrons. The summed E-state index contributed by atoms with van der Waals surface area (Å²) in [5.74, 6) is -0.0313. The molecule has 0 N–H and O–H groups in total. The molecule has 6 nitrogen and oxygen atoms in total. The Hall–Kier alpha value is -3.23. The van der Waals surface area contributed by atoms with Crippen LogP contribution in [0.15, 0.2) is 53.6 Å². The van der Waals surface area contributed by atoms with E-state index in [4.69, 9.17) is 4.52 Å². The summed E-state index contributed by atoms with van der Waals surface area (Å²) in [5, 5.41) is 3.67. The Balaban J connectivity index is 1.53. The zero-order valence-electron chi connectivity index (χ0n) is 14.6. The molecule has 0 radical (unpaired) electrons. The number of alkyl halides is 3. The molecular formula is C19H15F3N4O2. The summed E-state index contributed by atoms with van der Waals surface area (Å²) in [5.41, 5.74) is 0.638. The van der Waals surface area contributed by atoms with Gasteiger partial charge in [-0.2, -0.15) is 13.2 Å². The minimum Gasteiger partial charge on any atom is -0.355 e. The Morgan fingerprint density at radius 3 is 2.61 bits per heavy atom. The number of amides is 1. The lowest BCUT2D eigenvalue weighted by Crippen LogP contribution is -2.28. The molecule has 1 unspecified atom stereocenters. The minimum atomic E-state index is -4.43. The summed E-state index contributed by atoms with van der Waals surface area (Å²) in [7, 11) is 0. The van der Waals surface area contributed by atoms with Crippen molar-refractivity contribution in [2.45, 2.75) is 18.5 Å². The van der Waals surface area contributed by atoms with Crippen molar-refractivity contribution in [1.29, 1.82) is 0 Å². The largest absolute Gasteiger partial charge is 0.416 e. The van der Waals surface area contributed by atoms with E-state index in [1.807, 2.05) is 0 Å². The first kappa shape index (κ1) is 18.1. The zero-order chi connectivity index (χ0) is 19.7. The number of benzene rings is 1. The predicted molar refractivity (Wildman–Crippen MR) is 92.2 cm³/mol. The number of hydrogen-bond donors (Lipinski definition) is 0. The molecular weight excluding hydrogens is 373 g/mol. The summed E-state index contributed by atoms with van der Waals surface area (Å²) in [4.78, 5) is 22.9. The van der Waals surface area contributed by atoms with E-state index >= 15 is 0 Å². The summed E-state index contributed by atoms with van der Waals surface area (Å²) in [6.45, 7) is 1.02. The molecule has 4 rings (SSSR count). The first-order valence-corrected chi connectivity index (χ1v) is 8.61. The molecule has 1 aliphatic heterocycles. The molecule has 9 heteroatoms. The molecule has 3 aromatic rings. The Morgan fingerprint density at radius 2 is 1.93 bits per heavy atom. The summed E-state index contributed by atoms with van der Waals surface area (Å²) < 4.78 is 43.4. The van der Waals surface area contributed by atoms with Crippen molar-refractivity contribution >= 4 is 5.91 Å². The lowest BCUT2D eigenvalue weighted by molar-refractivity contribution is -0.137. The topological polar surface area (TPSA) is 72.1 Å². The Bertz CT molecular complexity index is 971. The maximum atomic E-state index is 12.9. The van der Waals surface area contributed by atoms with Crippen LogP contribution in [0.5, 0.6) is 0 Å². The van der Waals surface area contributed by atoms with E-state index in [2.05, 4.69) is 15.1 Å². The second kappa shape index (κ2) is 7.06. The number of rotatable bonds is 3. The van der Waals surface area contributed by atoms with Crippen molar-refractivity contribution < 1.29 is 22.5 Å². The molecule has 0 aliphatic carbocycles. The smallest absolute Gasteiger partial charge is 0.355 e. The van der Waals surface area contributed by atoms with Gasteiger partial charge in [0.05, 0.1) is 17.5 Å². The van der Waals surface area contributed by atoms with Gasteiger partial charge in [0, 0.05) is 43.2 Å². The van der Waals surface area contributed by atoms with Gasteiger partial charge >= 0.3 is 6.18 Å². The van der Waals surface area contributed by atoms with Gasteiger partial charge in [-0.15, -0.1) is 0 Å². The third-order valence-electron chi connectivity index (χ3n) is 4.75. The molecule has 1 fully saturated rings. The zero-order valence-corrected chi connectivity index (χ0v) is 14.6. The molecule has 1 aromatic carbocycles. The molecule has 0 spiro atoms. The van der Waals surface area contributed by atoms with Crippen LogP contribution in [0.25, 0.3) is 11.3 Å². The lowest BCUT2D eigenvalue weighted by atomic mass is 10.1. The van der Waals surface area contributed by atoms with Crippen LogP contribution in [0.4, 0.5) is 13.2 Å². The van der Waals surface area contributed by atoms with Crippen molar-refractivity contribution in [1.82, 2.24) is 20.0 Å². The van der Waals surface area contributed by atoms with Gasteiger partial charge in [0.15, 0.2) is 5.76 Å². The average Bonchev–Trinajstić information content (AvgIpc) is 3.37. The number of nitrogens with zero attached hydrogens (tertiary/aromatic N) is 4. The second-order valence-corrected chi connectivity index (χ2v) is 6.51. The van der Waals surface area contributed by atoms with E-state index in [1.165, 1.54) is 18.3 Å². The van der Waals surface area contributed by atoms with Gasteiger partial charge in [0.25, 0.3) is 5.91 Å². The van der Waals surface area contributed by atoms with E-state index in [1.54, 1.807) is 23.5 Å². The van der Waals surface area contributed by atoms with Crippen molar-refractivity contribution in [3.63, 3.8) is 0 Å². The van der Waals surface area contributed by atoms with Crippen LogP contribution in [0.2, 0.25) is 0 Å². The van der Waals surface area contributed by atoms with E-state index in [9.17, 15) is 18.0 Å². The summed E-state index contributed by atoms with van der Waals surface area (Å²) >= 11 is 0. The Labute approximate surface area is 158 Å². The quantitative estimate of drug-likeness (QED) is 0.683. The molecule has 28 heavy (non-hydrogen) atoms. The monoisotopic (exact) mass is 388 g/mol. The molecule has 1 amide bonds. The minimum absolute atomic E-state index is 0.0898. The van der Waals surface area contributed by atoms with Crippen LogP contribution in [-0.2, 0) is 6.18 Å². The standard InChI is InChI=1S/C19H15F3N4O2/c20-19(21,22)14-3-1-12(2-4-14)17-15(9-25-28-17)18(27)26-8-5-13(11-26)16-10-23-6-7-24-16/h1-4,6-7,9-10,13H,5,8,11H2. The number of hydrogen-bond acceptors (Lipinski definition) is 5. The average molecular weight is 388 g/mol. The first-order chi connectivity index (χ1) is 13.4. The normalized spacial score (nSPS) is 17.1. The Kier molecular flexibility index (Phi) is 4.58. The summed E-state index contributed by atoms with van der Waals surface area (Å²) in [6, 6.07) is 4.44. The molecule has 1 atom stereocenters. The van der Waals surface area contributed by atoms with Gasteiger partial charge in [0.2, 0.25) is 0 Å². The van der Waals surface area contributed by atoms with Gasteiger partial charge in [-0.3, -0.25) is 14.8 Å². The highest BCUT2D eigenvalue weighted by atomic mass is 19.4. The van der Waals surface area contributed by atoms with Crippen LogP contribution in [0.3, 0.4) is 0 Å². The predicted octanol–water partition coefficient (Wildman–Crippen LogP) is 3.78. The fourth-order valence-corrected chi connectivity index (χ4v) is 3.29. The number of carbonyl (C=O) groups excluding carboxylic acids is 1. The fourth-order valence-electron chi connectivity index (χ4n) is 3.29. The van der Waals surface area contributed by atoms with E-state index in [-0.39, 0.29) is 23.1 Å². The van der Waals surface area contributed by atoms with Crippen LogP contribution < -0.4 is 0 Å². The van der Waals surface area contributed by atoms with Gasteiger partial charge in [0.1, 0.15) is 5.56 Å². The highest BCUT2D eigenvalue weighted by Gasteiger charge is 2.32. The van der Waals surface area contributed by atoms with E-state index < -0.39 is 11.7 Å². The van der Waals surface area contributed by atoms with Gasteiger partial charge < -0.3 is 9.42 Å². The lowest BCUT2D eigenvalue weighted by Gasteiger charge is -2.16. The van der Waals surface area contributed by atoms with Crippen LogP contribution in [0, 0.1) is 0 Å². The third kappa shape index (κ3) is 3.47.